The average Bonchev–Trinajstić information content (AvgIpc) is 3.12. The molecule has 0 N–H and O–H groups in total. The van der Waals surface area contributed by atoms with E-state index in [4.69, 9.17) is 0 Å². The molecule has 2 aromatic carbocycles. The predicted molar refractivity (Wildman–Crippen MR) is 118 cm³/mol. The summed E-state index contributed by atoms with van der Waals surface area (Å²) in [7, 11) is 0. The number of halogens is 1. The molecule has 2 aromatic heterocycles. The van der Waals surface area contributed by atoms with Crippen molar-refractivity contribution in [1.29, 1.82) is 0 Å². The molecule has 6 heteroatoms. The van der Waals surface area contributed by atoms with Gasteiger partial charge in [-0.3, -0.25) is 14.2 Å². The number of hydrogen-bond donors (Lipinski definition) is 0. The van der Waals surface area contributed by atoms with Crippen LogP contribution in [-0.2, 0) is 13.0 Å². The number of aromatic nitrogens is 2. The molecule has 1 amide bonds. The van der Waals surface area contributed by atoms with Crippen LogP contribution in [0.15, 0.2) is 77.7 Å². The Kier molecular flexibility index (Phi) is 4.62. The fraction of sp³-hybridized carbons (Fsp3) is 0.160. The van der Waals surface area contributed by atoms with Gasteiger partial charge in [-0.25, -0.2) is 9.37 Å². The maximum absolute atomic E-state index is 13.6. The molecule has 31 heavy (non-hydrogen) atoms. The smallest absolute Gasteiger partial charge is 0.265 e. The first kappa shape index (κ1) is 19.2. The molecule has 5 rings (SSSR count). The summed E-state index contributed by atoms with van der Waals surface area (Å²) in [4.78, 5) is 33.1. The number of carbonyl (C=O) groups excluding carboxylic acids is 1. The molecule has 0 radical (unpaired) electrons. The molecule has 1 atom stereocenters. The maximum Gasteiger partial charge on any atom is 0.265 e. The Labute approximate surface area is 178 Å². The Balaban J connectivity index is 1.64. The van der Waals surface area contributed by atoms with Gasteiger partial charge in [-0.15, -0.1) is 0 Å². The first-order chi connectivity index (χ1) is 15.0. The van der Waals surface area contributed by atoms with E-state index >= 15 is 0 Å². The Morgan fingerprint density at radius 3 is 2.68 bits per heavy atom. The lowest BCUT2D eigenvalue weighted by molar-refractivity contribution is 0.0979. The Hall–Kier alpha value is -3.80. The highest BCUT2D eigenvalue weighted by Crippen LogP contribution is 2.33. The summed E-state index contributed by atoms with van der Waals surface area (Å²) in [6.07, 6.45) is 2.37. The zero-order valence-electron chi connectivity index (χ0n) is 17.0. The van der Waals surface area contributed by atoms with E-state index in [1.54, 1.807) is 35.4 Å². The molecule has 0 saturated carbocycles. The summed E-state index contributed by atoms with van der Waals surface area (Å²) in [5, 5.41) is 0.702. The number of anilines is 1. The van der Waals surface area contributed by atoms with E-state index in [1.165, 1.54) is 16.7 Å². The SMILES string of the molecule is C[C@@H]1Cc2ccccc2N1C(=O)c1cc2cccnc2n(Cc2ccc(F)cc2)c1=O. The zero-order chi connectivity index (χ0) is 21.5. The first-order valence-corrected chi connectivity index (χ1v) is 10.2. The van der Waals surface area contributed by atoms with E-state index in [0.29, 0.717) is 11.0 Å². The van der Waals surface area contributed by atoms with Gasteiger partial charge in [0.05, 0.1) is 6.54 Å². The zero-order valence-corrected chi connectivity index (χ0v) is 17.0. The largest absolute Gasteiger partial charge is 0.305 e. The van der Waals surface area contributed by atoms with Crippen molar-refractivity contribution >= 4 is 22.6 Å². The Bertz CT molecular complexity index is 1360. The molecular weight excluding hydrogens is 393 g/mol. The number of fused-ring (bicyclic) bond motifs is 2. The molecule has 0 aliphatic carbocycles. The minimum Gasteiger partial charge on any atom is -0.305 e. The van der Waals surface area contributed by atoms with E-state index in [-0.39, 0.29) is 29.9 Å². The van der Waals surface area contributed by atoms with Crippen LogP contribution in [0.2, 0.25) is 0 Å². The molecule has 5 nitrogen and oxygen atoms in total. The summed E-state index contributed by atoms with van der Waals surface area (Å²) < 4.78 is 14.8. The lowest BCUT2D eigenvalue weighted by atomic mass is 10.1. The van der Waals surface area contributed by atoms with Crippen molar-refractivity contribution in [2.24, 2.45) is 0 Å². The van der Waals surface area contributed by atoms with Gasteiger partial charge in [0.1, 0.15) is 17.0 Å². The van der Waals surface area contributed by atoms with Gasteiger partial charge in [-0.05, 0) is 60.9 Å². The fourth-order valence-electron chi connectivity index (χ4n) is 4.28. The molecule has 3 heterocycles. The first-order valence-electron chi connectivity index (χ1n) is 10.2. The second-order valence-corrected chi connectivity index (χ2v) is 7.85. The summed E-state index contributed by atoms with van der Waals surface area (Å²) in [5.41, 5.74) is 2.87. The maximum atomic E-state index is 13.6. The van der Waals surface area contributed by atoms with Crippen molar-refractivity contribution in [3.63, 3.8) is 0 Å². The van der Waals surface area contributed by atoms with Crippen LogP contribution in [0.5, 0.6) is 0 Å². The van der Waals surface area contributed by atoms with Crippen molar-refractivity contribution in [2.45, 2.75) is 25.9 Å². The van der Waals surface area contributed by atoms with Gasteiger partial charge < -0.3 is 4.90 Å². The van der Waals surface area contributed by atoms with Gasteiger partial charge in [0.25, 0.3) is 11.5 Å². The molecule has 1 aliphatic heterocycles. The van der Waals surface area contributed by atoms with Gasteiger partial charge in [-0.2, -0.15) is 0 Å². The summed E-state index contributed by atoms with van der Waals surface area (Å²) in [6.45, 7) is 2.18. The van der Waals surface area contributed by atoms with Crippen LogP contribution in [0.3, 0.4) is 0 Å². The van der Waals surface area contributed by atoms with Crippen molar-refractivity contribution in [3.05, 3.63) is 106 Å². The molecular formula is C25H20FN3O2. The van der Waals surface area contributed by atoms with E-state index in [1.807, 2.05) is 37.3 Å². The lowest BCUT2D eigenvalue weighted by Gasteiger charge is -2.23. The summed E-state index contributed by atoms with van der Waals surface area (Å²) in [6, 6.07) is 18.9. The fourth-order valence-corrected chi connectivity index (χ4v) is 4.28. The monoisotopic (exact) mass is 413 g/mol. The van der Waals surface area contributed by atoms with Crippen LogP contribution in [0, 0.1) is 5.82 Å². The topological polar surface area (TPSA) is 55.2 Å². The molecule has 1 aliphatic rings. The molecule has 0 fully saturated rings. The second kappa shape index (κ2) is 7.47. The van der Waals surface area contributed by atoms with Crippen LogP contribution in [0.25, 0.3) is 11.0 Å². The molecule has 154 valence electrons. The molecule has 0 unspecified atom stereocenters. The lowest BCUT2D eigenvalue weighted by Crippen LogP contribution is -2.40. The third-order valence-corrected chi connectivity index (χ3v) is 5.76. The van der Waals surface area contributed by atoms with Gasteiger partial charge in [0.15, 0.2) is 0 Å². The van der Waals surface area contributed by atoms with Gasteiger partial charge in [-0.1, -0.05) is 30.3 Å². The van der Waals surface area contributed by atoms with Crippen molar-refractivity contribution in [3.8, 4) is 0 Å². The molecule has 4 aromatic rings. The highest BCUT2D eigenvalue weighted by Gasteiger charge is 2.33. The van der Waals surface area contributed by atoms with Gasteiger partial charge in [0.2, 0.25) is 0 Å². The quantitative estimate of drug-likeness (QED) is 0.506. The summed E-state index contributed by atoms with van der Waals surface area (Å²) >= 11 is 0. The van der Waals surface area contributed by atoms with Crippen LogP contribution in [-0.4, -0.2) is 21.5 Å². The Morgan fingerprint density at radius 2 is 1.87 bits per heavy atom. The number of benzene rings is 2. The molecule has 0 saturated heterocycles. The number of amides is 1. The van der Waals surface area contributed by atoms with Crippen molar-refractivity contribution in [1.82, 2.24) is 9.55 Å². The average molecular weight is 413 g/mol. The third-order valence-electron chi connectivity index (χ3n) is 5.76. The highest BCUT2D eigenvalue weighted by atomic mass is 19.1. The number of para-hydroxylation sites is 1. The number of nitrogens with zero attached hydrogens (tertiary/aromatic N) is 3. The third kappa shape index (κ3) is 3.30. The normalized spacial score (nSPS) is 15.3. The number of pyridine rings is 2. The van der Waals surface area contributed by atoms with Crippen LogP contribution < -0.4 is 10.5 Å². The van der Waals surface area contributed by atoms with Crippen molar-refractivity contribution in [2.75, 3.05) is 4.90 Å². The number of hydrogen-bond acceptors (Lipinski definition) is 3. The van der Waals surface area contributed by atoms with Gasteiger partial charge in [0, 0.05) is 23.3 Å². The number of carbonyl (C=O) groups is 1. The van der Waals surface area contributed by atoms with Crippen LogP contribution >= 0.6 is 0 Å². The van der Waals surface area contributed by atoms with Crippen molar-refractivity contribution < 1.29 is 9.18 Å². The van der Waals surface area contributed by atoms with Crippen LogP contribution in [0.4, 0.5) is 10.1 Å². The molecule has 0 spiro atoms. The summed E-state index contributed by atoms with van der Waals surface area (Å²) in [5.74, 6) is -0.661. The minimum atomic E-state index is -0.405. The minimum absolute atomic E-state index is 0.0422. The van der Waals surface area contributed by atoms with Crippen LogP contribution in [0.1, 0.15) is 28.4 Å². The molecule has 0 bridgehead atoms. The highest BCUT2D eigenvalue weighted by molar-refractivity contribution is 6.08. The van der Waals surface area contributed by atoms with E-state index < -0.39 is 5.56 Å². The number of rotatable bonds is 3. The standard InChI is InChI=1S/C25H20FN3O2/c1-16-13-18-5-2-3-7-22(18)29(16)25(31)21-14-19-6-4-12-27-23(19)28(24(21)30)15-17-8-10-20(26)11-9-17/h2-12,14,16H,13,15H2,1H3/t16-/m1/s1. The van der Waals surface area contributed by atoms with E-state index in [2.05, 4.69) is 4.98 Å². The van der Waals surface area contributed by atoms with E-state index in [9.17, 15) is 14.0 Å². The van der Waals surface area contributed by atoms with Gasteiger partial charge >= 0.3 is 0 Å². The predicted octanol–water partition coefficient (Wildman–Crippen LogP) is 4.18. The Morgan fingerprint density at radius 1 is 1.10 bits per heavy atom. The second-order valence-electron chi connectivity index (χ2n) is 7.85. The van der Waals surface area contributed by atoms with E-state index in [0.717, 1.165) is 23.2 Å².